The lowest BCUT2D eigenvalue weighted by Gasteiger charge is -2.06. The highest BCUT2D eigenvalue weighted by Crippen LogP contribution is 2.36. The Kier molecular flexibility index (Phi) is 4.06. The number of phenols is 1. The number of nitrogens with zero attached hydrogens (tertiary/aromatic N) is 3. The Morgan fingerprint density at radius 1 is 1.05 bits per heavy atom. The fourth-order valence-electron chi connectivity index (χ4n) is 1.56. The Hall–Kier alpha value is -2.97. The minimum Gasteiger partial charge on any atom is -0.508 e. The summed E-state index contributed by atoms with van der Waals surface area (Å²) < 4.78 is 37.7. The van der Waals surface area contributed by atoms with Gasteiger partial charge in [0.05, 0.1) is 16.2 Å². The zero-order chi connectivity index (χ0) is 16.3. The lowest BCUT2D eigenvalue weighted by atomic mass is 10.1. The molecule has 0 heterocycles. The molecular formula is C13H8F3N3O3. The van der Waals surface area contributed by atoms with Crippen LogP contribution in [0, 0.1) is 10.1 Å². The van der Waals surface area contributed by atoms with Gasteiger partial charge < -0.3 is 5.11 Å². The van der Waals surface area contributed by atoms with Crippen LogP contribution >= 0.6 is 0 Å². The van der Waals surface area contributed by atoms with Gasteiger partial charge >= 0.3 is 6.18 Å². The largest absolute Gasteiger partial charge is 0.508 e. The van der Waals surface area contributed by atoms with Crippen molar-refractivity contribution >= 4 is 17.1 Å². The number of rotatable bonds is 3. The molecule has 2 aromatic carbocycles. The molecule has 0 aromatic heterocycles. The molecule has 0 aliphatic heterocycles. The Bertz CT molecular complexity index is 728. The number of azo groups is 1. The third-order valence-corrected chi connectivity index (χ3v) is 2.62. The smallest absolute Gasteiger partial charge is 0.416 e. The monoisotopic (exact) mass is 311 g/mol. The summed E-state index contributed by atoms with van der Waals surface area (Å²) >= 11 is 0. The van der Waals surface area contributed by atoms with Gasteiger partial charge in [0.1, 0.15) is 5.75 Å². The molecule has 0 amide bonds. The topological polar surface area (TPSA) is 88.1 Å². The highest BCUT2D eigenvalue weighted by atomic mass is 19.4. The van der Waals surface area contributed by atoms with Gasteiger partial charge in [-0.25, -0.2) is 0 Å². The molecule has 6 nitrogen and oxygen atoms in total. The molecule has 0 saturated heterocycles. The summed E-state index contributed by atoms with van der Waals surface area (Å²) in [5.41, 5.74) is -1.95. The van der Waals surface area contributed by atoms with Crippen molar-refractivity contribution in [3.05, 3.63) is 58.1 Å². The van der Waals surface area contributed by atoms with E-state index in [2.05, 4.69) is 10.2 Å². The van der Waals surface area contributed by atoms with Crippen LogP contribution in [0.4, 0.5) is 30.2 Å². The van der Waals surface area contributed by atoms with E-state index in [9.17, 15) is 23.3 Å². The van der Waals surface area contributed by atoms with Gasteiger partial charge in [0.25, 0.3) is 5.69 Å². The third kappa shape index (κ3) is 3.57. The SMILES string of the molecule is O=[N+]([O-])c1cc(C(F)(F)F)ccc1/N=N/c1ccc(O)cc1. The second-order valence-corrected chi connectivity index (χ2v) is 4.17. The molecule has 9 heteroatoms. The van der Waals surface area contributed by atoms with E-state index in [-0.39, 0.29) is 17.1 Å². The van der Waals surface area contributed by atoms with Crippen molar-refractivity contribution < 1.29 is 23.2 Å². The van der Waals surface area contributed by atoms with E-state index in [0.29, 0.717) is 12.1 Å². The second kappa shape index (κ2) is 5.80. The standard InChI is InChI=1S/C13H8F3N3O3/c14-13(15,16)8-1-6-11(12(7-8)19(21)22)18-17-9-2-4-10(20)5-3-9/h1-7,20H/b18-17+. The minimum absolute atomic E-state index is 0.000499. The van der Waals surface area contributed by atoms with Gasteiger partial charge in [-0.2, -0.15) is 18.3 Å². The number of aromatic hydroxyl groups is 1. The van der Waals surface area contributed by atoms with Crippen molar-refractivity contribution in [1.29, 1.82) is 0 Å². The Balaban J connectivity index is 2.38. The first-order valence-corrected chi connectivity index (χ1v) is 5.84. The van der Waals surface area contributed by atoms with Crippen molar-refractivity contribution in [3.63, 3.8) is 0 Å². The molecule has 2 rings (SSSR count). The zero-order valence-corrected chi connectivity index (χ0v) is 10.8. The molecule has 0 unspecified atom stereocenters. The van der Waals surface area contributed by atoms with Crippen molar-refractivity contribution in [2.75, 3.05) is 0 Å². The van der Waals surface area contributed by atoms with E-state index in [1.807, 2.05) is 0 Å². The first-order chi connectivity index (χ1) is 10.3. The molecular weight excluding hydrogens is 303 g/mol. The Morgan fingerprint density at radius 2 is 1.68 bits per heavy atom. The minimum atomic E-state index is -4.68. The Morgan fingerprint density at radius 3 is 2.23 bits per heavy atom. The van der Waals surface area contributed by atoms with Crippen LogP contribution in [0.1, 0.15) is 5.56 Å². The normalized spacial score (nSPS) is 11.8. The van der Waals surface area contributed by atoms with Gasteiger partial charge in [-0.05, 0) is 36.4 Å². The third-order valence-electron chi connectivity index (χ3n) is 2.62. The maximum atomic E-state index is 12.6. The fraction of sp³-hybridized carbons (Fsp3) is 0.0769. The van der Waals surface area contributed by atoms with E-state index < -0.39 is 22.4 Å². The average Bonchev–Trinajstić information content (AvgIpc) is 2.45. The molecule has 0 saturated carbocycles. The quantitative estimate of drug-likeness (QED) is 0.504. The van der Waals surface area contributed by atoms with E-state index in [0.717, 1.165) is 6.07 Å². The lowest BCUT2D eigenvalue weighted by molar-refractivity contribution is -0.384. The maximum absolute atomic E-state index is 12.6. The average molecular weight is 311 g/mol. The van der Waals surface area contributed by atoms with E-state index in [4.69, 9.17) is 5.11 Å². The predicted molar refractivity (Wildman–Crippen MR) is 70.4 cm³/mol. The fourth-order valence-corrected chi connectivity index (χ4v) is 1.56. The van der Waals surface area contributed by atoms with Crippen LogP contribution in [0.15, 0.2) is 52.7 Å². The molecule has 0 radical (unpaired) electrons. The molecule has 0 aliphatic carbocycles. The zero-order valence-electron chi connectivity index (χ0n) is 10.8. The van der Waals surface area contributed by atoms with Crippen LogP contribution in [0.3, 0.4) is 0 Å². The van der Waals surface area contributed by atoms with Crippen LogP contribution in [0.5, 0.6) is 5.75 Å². The van der Waals surface area contributed by atoms with Crippen molar-refractivity contribution in [2.24, 2.45) is 10.2 Å². The number of nitro benzene ring substituents is 1. The molecule has 22 heavy (non-hydrogen) atoms. The van der Waals surface area contributed by atoms with E-state index in [1.54, 1.807) is 0 Å². The molecule has 0 bridgehead atoms. The molecule has 0 atom stereocenters. The van der Waals surface area contributed by atoms with Gasteiger partial charge in [-0.15, -0.1) is 5.11 Å². The van der Waals surface area contributed by atoms with Gasteiger partial charge in [0.2, 0.25) is 0 Å². The van der Waals surface area contributed by atoms with Gasteiger partial charge in [-0.1, -0.05) is 0 Å². The van der Waals surface area contributed by atoms with Crippen LogP contribution < -0.4 is 0 Å². The number of halogens is 3. The van der Waals surface area contributed by atoms with Crippen LogP contribution in [-0.2, 0) is 6.18 Å². The molecule has 0 fully saturated rings. The summed E-state index contributed by atoms with van der Waals surface area (Å²) in [7, 11) is 0. The lowest BCUT2D eigenvalue weighted by Crippen LogP contribution is -2.05. The summed E-state index contributed by atoms with van der Waals surface area (Å²) in [5, 5.41) is 27.2. The summed E-state index contributed by atoms with van der Waals surface area (Å²) in [6.07, 6.45) is -4.68. The molecule has 0 spiro atoms. The highest BCUT2D eigenvalue weighted by molar-refractivity contribution is 5.59. The maximum Gasteiger partial charge on any atom is 0.416 e. The predicted octanol–water partition coefficient (Wildman–Crippen LogP) is 4.73. The van der Waals surface area contributed by atoms with Crippen LogP contribution in [0.2, 0.25) is 0 Å². The van der Waals surface area contributed by atoms with Crippen molar-refractivity contribution in [2.45, 2.75) is 6.18 Å². The number of benzene rings is 2. The molecule has 114 valence electrons. The molecule has 1 N–H and O–H groups in total. The van der Waals surface area contributed by atoms with Gasteiger partial charge in [-0.3, -0.25) is 10.1 Å². The van der Waals surface area contributed by atoms with Crippen LogP contribution in [0.25, 0.3) is 0 Å². The van der Waals surface area contributed by atoms with E-state index >= 15 is 0 Å². The summed E-state index contributed by atoms with van der Waals surface area (Å²) in [4.78, 5) is 9.90. The summed E-state index contributed by atoms with van der Waals surface area (Å²) in [6.45, 7) is 0. The molecule has 0 aliphatic rings. The number of phenolic OH excluding ortho intramolecular Hbond substituents is 1. The summed E-state index contributed by atoms with van der Waals surface area (Å²) in [6, 6.07) is 7.43. The van der Waals surface area contributed by atoms with E-state index in [1.165, 1.54) is 24.3 Å². The number of nitro groups is 1. The van der Waals surface area contributed by atoms with Gasteiger partial charge in [0.15, 0.2) is 5.69 Å². The number of hydrogen-bond donors (Lipinski definition) is 1. The Labute approximate surface area is 121 Å². The second-order valence-electron chi connectivity index (χ2n) is 4.17. The van der Waals surface area contributed by atoms with Gasteiger partial charge in [0, 0.05) is 6.07 Å². The van der Waals surface area contributed by atoms with Crippen LogP contribution in [-0.4, -0.2) is 10.0 Å². The first kappa shape index (κ1) is 15.4. The number of hydrogen-bond acceptors (Lipinski definition) is 5. The molecule has 2 aromatic rings. The summed E-state index contributed by atoms with van der Waals surface area (Å²) in [5.74, 6) is -0.000499. The number of alkyl halides is 3. The van der Waals surface area contributed by atoms with Crippen molar-refractivity contribution in [3.8, 4) is 5.75 Å². The first-order valence-electron chi connectivity index (χ1n) is 5.84. The van der Waals surface area contributed by atoms with Crippen molar-refractivity contribution in [1.82, 2.24) is 0 Å². The highest BCUT2D eigenvalue weighted by Gasteiger charge is 2.33.